The van der Waals surface area contributed by atoms with Crippen LogP contribution in [0.15, 0.2) is 64.8 Å². The summed E-state index contributed by atoms with van der Waals surface area (Å²) in [4.78, 5) is 41.3. The second-order valence-electron chi connectivity index (χ2n) is 18.9. The Hall–Kier alpha value is -3.54. The number of nitrogens with zero attached hydrogens (tertiary/aromatic N) is 3. The minimum absolute atomic E-state index is 0.0277. The van der Waals surface area contributed by atoms with Gasteiger partial charge in [0, 0.05) is 50.3 Å². The first kappa shape index (κ1) is 54.8. The Labute approximate surface area is 409 Å². The van der Waals surface area contributed by atoms with E-state index in [9.17, 15) is 24.9 Å². The Balaban J connectivity index is 1.28. The molecule has 2 aromatic heterocycles. The Kier molecular flexibility index (Phi) is 20.8. The van der Waals surface area contributed by atoms with Gasteiger partial charge in [0.25, 0.3) is 0 Å². The van der Waals surface area contributed by atoms with E-state index in [1.54, 1.807) is 62.5 Å². The molecule has 3 fully saturated rings. The number of cyclic esters (lactones) is 1. The van der Waals surface area contributed by atoms with E-state index in [1.807, 2.05) is 56.5 Å². The summed E-state index contributed by atoms with van der Waals surface area (Å²) in [5.74, 6) is -2.58. The van der Waals surface area contributed by atoms with Crippen molar-refractivity contribution in [1.82, 2.24) is 9.88 Å². The van der Waals surface area contributed by atoms with E-state index in [-0.39, 0.29) is 57.8 Å². The maximum absolute atomic E-state index is 14.1. The number of aliphatic hydroxyl groups excluding tert-OH is 3. The summed E-state index contributed by atoms with van der Waals surface area (Å²) in [6, 6.07) is 7.15. The molecule has 4 aliphatic rings. The Morgan fingerprint density at radius 3 is 2.36 bits per heavy atom. The lowest BCUT2D eigenvalue weighted by Crippen LogP contribution is -2.63. The molecule has 69 heavy (non-hydrogen) atoms. The topological polar surface area (TPSA) is 216 Å². The van der Waals surface area contributed by atoms with Crippen LogP contribution in [-0.2, 0) is 63.7 Å². The highest BCUT2D eigenvalue weighted by Gasteiger charge is 2.48. The van der Waals surface area contributed by atoms with E-state index in [0.717, 1.165) is 21.7 Å². The minimum Gasteiger partial charge on any atom is -0.465 e. The van der Waals surface area contributed by atoms with Crippen molar-refractivity contribution >= 4 is 28.8 Å². The molecule has 2 aromatic rings. The molecule has 0 aromatic carbocycles. The van der Waals surface area contributed by atoms with E-state index < -0.39 is 97.3 Å². The molecule has 3 saturated heterocycles. The average molecular weight is 988 g/mol. The standard InChI is InChI=1S/C50H73N3O15S/c1-28-12-15-38(54)29(2)20-35-16-17-61-26-36(52-65-25-33-13-14-37(51-22-33)40-11-10-18-69-40)27-62-39(30(3)46(35)68-49-45(58)42(53(6)7)43(56)31(4)66-49)21-41(55)63-23-34(19-28)24-64-50-48(60-9)47(59-8)44(57)32(5)67-50/h10-15,18-19,22,29-32,34-35,39,42-50,56-58H,16-17,20-21,23-27H2,1-9H3/b15-12+,28-19+,52-36+/t29-,30+,31-,32-,34+,35?,39-,42+,43-,44-,45-,46-,47-,48-,49+,50-/m1/s1. The van der Waals surface area contributed by atoms with Crippen LogP contribution in [0.25, 0.3) is 10.6 Å². The summed E-state index contributed by atoms with van der Waals surface area (Å²) in [7, 11) is 6.50. The highest BCUT2D eigenvalue weighted by molar-refractivity contribution is 7.13. The lowest BCUT2D eigenvalue weighted by molar-refractivity contribution is -0.305. The highest BCUT2D eigenvalue weighted by Crippen LogP contribution is 2.36. The van der Waals surface area contributed by atoms with Crippen LogP contribution in [0.3, 0.4) is 0 Å². The van der Waals surface area contributed by atoms with Crippen molar-refractivity contribution in [3.8, 4) is 10.6 Å². The molecule has 16 atom stereocenters. The third-order valence-corrected chi connectivity index (χ3v) is 14.3. The molecule has 6 rings (SSSR count). The lowest BCUT2D eigenvalue weighted by Gasteiger charge is -2.47. The van der Waals surface area contributed by atoms with Crippen LogP contribution in [0, 0.1) is 23.7 Å². The molecule has 0 radical (unpaired) electrons. The van der Waals surface area contributed by atoms with Gasteiger partial charge < -0.3 is 67.7 Å². The SMILES string of the molecule is CO[C@@H]1[C@H](O)[C@@H](C)O[C@@H](OC[C@H]2/C=C(C)/C=C/C(=O)[C@H](C)CC3CCOC/C(=N\OCc4ccc(-c5cccs5)nc4)CO[C@H](CC(=O)OC2)[C@H](C)[C@H]3O[C@@H]2O[C@H](C)[C@@H](O)[C@H](N(C)C)[C@H]2O)[C@@H]1OC. The number of carbonyl (C=O) groups is 2. The molecule has 0 amide bonds. The van der Waals surface area contributed by atoms with Crippen LogP contribution in [0.2, 0.25) is 0 Å². The first-order chi connectivity index (χ1) is 33.1. The molecule has 18 nitrogen and oxygen atoms in total. The molecule has 1 unspecified atom stereocenters. The van der Waals surface area contributed by atoms with Gasteiger partial charge in [0.2, 0.25) is 0 Å². The smallest absolute Gasteiger partial charge is 0.308 e. The number of rotatable bonds is 12. The number of aromatic nitrogens is 1. The van der Waals surface area contributed by atoms with Crippen molar-refractivity contribution < 1.29 is 72.4 Å². The number of pyridine rings is 1. The number of methoxy groups -OCH3 is 2. The molecule has 19 heteroatoms. The highest BCUT2D eigenvalue weighted by atomic mass is 32.1. The quantitative estimate of drug-likeness (QED) is 0.199. The molecule has 0 spiro atoms. The zero-order valence-electron chi connectivity index (χ0n) is 41.3. The van der Waals surface area contributed by atoms with Crippen LogP contribution in [0.1, 0.15) is 59.4 Å². The summed E-state index contributed by atoms with van der Waals surface area (Å²) in [5.41, 5.74) is 2.86. The molecule has 4 aliphatic heterocycles. The van der Waals surface area contributed by atoms with Crippen LogP contribution in [0.4, 0.5) is 0 Å². The number of ether oxygens (including phenoxy) is 9. The molecular weight excluding hydrogens is 915 g/mol. The summed E-state index contributed by atoms with van der Waals surface area (Å²) in [5, 5.41) is 39.9. The monoisotopic (exact) mass is 987 g/mol. The third kappa shape index (κ3) is 14.8. The van der Waals surface area contributed by atoms with Crippen LogP contribution < -0.4 is 0 Å². The van der Waals surface area contributed by atoms with Gasteiger partial charge >= 0.3 is 5.97 Å². The van der Waals surface area contributed by atoms with Crippen molar-refractivity contribution in [2.24, 2.45) is 28.8 Å². The number of ketones is 1. The van der Waals surface area contributed by atoms with Gasteiger partial charge in [-0.15, -0.1) is 11.3 Å². The maximum atomic E-state index is 14.1. The summed E-state index contributed by atoms with van der Waals surface area (Å²) >= 11 is 1.61. The number of carbonyl (C=O) groups excluding carboxylic acids is 2. The van der Waals surface area contributed by atoms with Crippen molar-refractivity contribution in [2.45, 2.75) is 134 Å². The third-order valence-electron chi connectivity index (χ3n) is 13.4. The number of aliphatic hydroxyl groups is 3. The van der Waals surface area contributed by atoms with Crippen LogP contribution >= 0.6 is 11.3 Å². The van der Waals surface area contributed by atoms with Gasteiger partial charge in [-0.25, -0.2) is 0 Å². The molecule has 0 aliphatic carbocycles. The van der Waals surface area contributed by atoms with Gasteiger partial charge in [-0.05, 0) is 77.2 Å². The normalized spacial score (nSPS) is 37.7. The Morgan fingerprint density at radius 1 is 0.913 bits per heavy atom. The van der Waals surface area contributed by atoms with Crippen LogP contribution in [-0.4, -0.2) is 178 Å². The molecule has 6 heterocycles. The predicted molar refractivity (Wildman–Crippen MR) is 255 cm³/mol. The van der Waals surface area contributed by atoms with Gasteiger partial charge in [0.15, 0.2) is 18.4 Å². The second kappa shape index (κ2) is 26.2. The van der Waals surface area contributed by atoms with Gasteiger partial charge in [0.1, 0.15) is 36.7 Å². The molecule has 384 valence electrons. The van der Waals surface area contributed by atoms with Gasteiger partial charge in [0.05, 0.1) is 80.0 Å². The van der Waals surface area contributed by atoms with Gasteiger partial charge in [-0.2, -0.15) is 0 Å². The fourth-order valence-electron chi connectivity index (χ4n) is 9.38. The predicted octanol–water partition coefficient (Wildman–Crippen LogP) is 4.34. The fourth-order valence-corrected chi connectivity index (χ4v) is 10.1. The van der Waals surface area contributed by atoms with Crippen molar-refractivity contribution in [3.63, 3.8) is 0 Å². The van der Waals surface area contributed by atoms with E-state index in [0.29, 0.717) is 18.6 Å². The van der Waals surface area contributed by atoms with Crippen molar-refractivity contribution in [3.05, 3.63) is 65.2 Å². The number of hydrogen-bond donors (Lipinski definition) is 3. The fraction of sp³-hybridized carbons (Fsp3) is 0.680. The summed E-state index contributed by atoms with van der Waals surface area (Å²) < 4.78 is 55.4. The molecule has 3 N–H and O–H groups in total. The Bertz CT molecular complexity index is 2000. The zero-order valence-corrected chi connectivity index (χ0v) is 42.1. The molecule has 2 bridgehead atoms. The minimum atomic E-state index is -1.25. The molecule has 0 saturated carbocycles. The number of fused-ring (bicyclic) bond motifs is 3. The van der Waals surface area contributed by atoms with E-state index >= 15 is 0 Å². The molecular formula is C50H73N3O15S. The van der Waals surface area contributed by atoms with Crippen LogP contribution in [0.5, 0.6) is 0 Å². The number of allylic oxidation sites excluding steroid dienone is 3. The summed E-state index contributed by atoms with van der Waals surface area (Å²) in [6.07, 6.45) is -2.17. The Morgan fingerprint density at radius 2 is 1.67 bits per heavy atom. The first-order valence-electron chi connectivity index (χ1n) is 23.8. The van der Waals surface area contributed by atoms with Crippen molar-refractivity contribution in [2.75, 3.05) is 61.3 Å². The van der Waals surface area contributed by atoms with Gasteiger partial charge in [-0.1, -0.05) is 48.9 Å². The zero-order chi connectivity index (χ0) is 49.8. The van der Waals surface area contributed by atoms with Gasteiger partial charge in [-0.3, -0.25) is 14.6 Å². The lowest BCUT2D eigenvalue weighted by atomic mass is 9.79. The summed E-state index contributed by atoms with van der Waals surface area (Å²) in [6.45, 7) is 9.39. The van der Waals surface area contributed by atoms with E-state index in [2.05, 4.69) is 10.1 Å². The van der Waals surface area contributed by atoms with E-state index in [4.69, 9.17) is 47.5 Å². The number of likely N-dealkylation sites (N-methyl/N-ethyl adjacent to an activating group) is 1. The average Bonchev–Trinajstić information content (AvgIpc) is 3.87. The first-order valence-corrected chi connectivity index (χ1v) is 24.7. The van der Waals surface area contributed by atoms with Crippen molar-refractivity contribution in [1.29, 1.82) is 0 Å². The largest absolute Gasteiger partial charge is 0.465 e. The number of oxime groups is 1. The number of esters is 1. The maximum Gasteiger partial charge on any atom is 0.308 e. The number of thiophene rings is 1. The number of hydrogen-bond acceptors (Lipinski definition) is 19. The second-order valence-corrected chi connectivity index (χ2v) is 19.8. The van der Waals surface area contributed by atoms with E-state index in [1.165, 1.54) is 14.2 Å².